The van der Waals surface area contributed by atoms with E-state index >= 15 is 0 Å². The molecule has 1 amide bonds. The summed E-state index contributed by atoms with van der Waals surface area (Å²) in [6.07, 6.45) is 1.73. The Bertz CT molecular complexity index is 1220. The number of aromatic nitrogens is 1. The van der Waals surface area contributed by atoms with Crippen LogP contribution in [-0.2, 0) is 6.54 Å². The second kappa shape index (κ2) is 9.00. The fourth-order valence-electron chi connectivity index (χ4n) is 4.44. The Morgan fingerprint density at radius 1 is 1.12 bits per heavy atom. The first-order valence-electron chi connectivity index (χ1n) is 11.0. The zero-order valence-electron chi connectivity index (χ0n) is 18.1. The van der Waals surface area contributed by atoms with Crippen molar-refractivity contribution in [3.05, 3.63) is 70.9 Å². The van der Waals surface area contributed by atoms with E-state index in [9.17, 15) is 27.2 Å². The number of benzene rings is 2. The van der Waals surface area contributed by atoms with Crippen LogP contribution in [0.2, 0.25) is 0 Å². The standard InChI is InChI=1S/C25H24F4N2O2/c1-2-22(32)17-9-8-15(11-20(17)27)13-31-14-18(23-19(26)6-3-7-21(23)31)24(33)30-16-5-4-10-25(28,29)12-16/h3,6-9,11,14,16H,2,4-5,10,12-13H2,1H3,(H,30,33). The van der Waals surface area contributed by atoms with E-state index in [0.717, 1.165) is 0 Å². The molecule has 1 heterocycles. The van der Waals surface area contributed by atoms with Crippen LogP contribution in [0.1, 0.15) is 65.3 Å². The van der Waals surface area contributed by atoms with Gasteiger partial charge in [0, 0.05) is 43.4 Å². The molecule has 0 aliphatic heterocycles. The minimum absolute atomic E-state index is 0.00834. The van der Waals surface area contributed by atoms with Crippen molar-refractivity contribution < 1.29 is 27.2 Å². The summed E-state index contributed by atoms with van der Waals surface area (Å²) >= 11 is 0. The van der Waals surface area contributed by atoms with Gasteiger partial charge < -0.3 is 9.88 Å². The van der Waals surface area contributed by atoms with Gasteiger partial charge in [0.05, 0.1) is 16.6 Å². The topological polar surface area (TPSA) is 51.1 Å². The van der Waals surface area contributed by atoms with E-state index in [4.69, 9.17) is 0 Å². The first-order valence-corrected chi connectivity index (χ1v) is 11.0. The third kappa shape index (κ3) is 4.79. The van der Waals surface area contributed by atoms with Gasteiger partial charge in [0.1, 0.15) is 11.6 Å². The number of carbonyl (C=O) groups is 2. The van der Waals surface area contributed by atoms with E-state index in [1.54, 1.807) is 23.6 Å². The first-order chi connectivity index (χ1) is 15.7. The molecule has 33 heavy (non-hydrogen) atoms. The molecular weight excluding hydrogens is 436 g/mol. The van der Waals surface area contributed by atoms with Crippen LogP contribution < -0.4 is 5.32 Å². The molecule has 1 saturated carbocycles. The van der Waals surface area contributed by atoms with Crippen molar-refractivity contribution in [2.24, 2.45) is 0 Å². The third-order valence-corrected chi connectivity index (χ3v) is 6.08. The number of carbonyl (C=O) groups excluding carboxylic acids is 2. The summed E-state index contributed by atoms with van der Waals surface area (Å²) in [5.74, 6) is -5.01. The lowest BCUT2D eigenvalue weighted by atomic mass is 9.92. The van der Waals surface area contributed by atoms with Gasteiger partial charge >= 0.3 is 0 Å². The average molecular weight is 460 g/mol. The van der Waals surface area contributed by atoms with E-state index in [1.165, 1.54) is 30.5 Å². The van der Waals surface area contributed by atoms with Gasteiger partial charge in [-0.3, -0.25) is 9.59 Å². The molecule has 1 atom stereocenters. The number of alkyl halides is 2. The Kier molecular flexibility index (Phi) is 6.28. The van der Waals surface area contributed by atoms with Crippen LogP contribution in [0.15, 0.2) is 42.6 Å². The van der Waals surface area contributed by atoms with Gasteiger partial charge in [-0.2, -0.15) is 0 Å². The van der Waals surface area contributed by atoms with Crippen molar-refractivity contribution in [2.75, 3.05) is 0 Å². The maximum absolute atomic E-state index is 14.7. The molecule has 0 bridgehead atoms. The predicted octanol–water partition coefficient (Wildman–Crippen LogP) is 5.87. The predicted molar refractivity (Wildman–Crippen MR) is 117 cm³/mol. The highest BCUT2D eigenvalue weighted by Gasteiger charge is 2.37. The monoisotopic (exact) mass is 460 g/mol. The van der Waals surface area contributed by atoms with Crippen LogP contribution in [0.5, 0.6) is 0 Å². The maximum atomic E-state index is 14.7. The summed E-state index contributed by atoms with van der Waals surface area (Å²) in [6.45, 7) is 1.78. The molecular formula is C25H24F4N2O2. The van der Waals surface area contributed by atoms with Crippen LogP contribution >= 0.6 is 0 Å². The van der Waals surface area contributed by atoms with E-state index in [-0.39, 0.29) is 41.7 Å². The second-order valence-electron chi connectivity index (χ2n) is 8.52. The van der Waals surface area contributed by atoms with Crippen LogP contribution in [0, 0.1) is 11.6 Å². The molecule has 1 aliphatic carbocycles. The summed E-state index contributed by atoms with van der Waals surface area (Å²) in [4.78, 5) is 24.7. The summed E-state index contributed by atoms with van der Waals surface area (Å²) < 4.78 is 58.2. The summed E-state index contributed by atoms with van der Waals surface area (Å²) in [7, 11) is 0. The molecule has 4 nitrogen and oxygen atoms in total. The van der Waals surface area contributed by atoms with E-state index in [1.807, 2.05) is 0 Å². The zero-order chi connectivity index (χ0) is 23.8. The average Bonchev–Trinajstić information content (AvgIpc) is 3.12. The van der Waals surface area contributed by atoms with Crippen LogP contribution in [-0.4, -0.2) is 28.2 Å². The van der Waals surface area contributed by atoms with E-state index in [0.29, 0.717) is 23.9 Å². The minimum Gasteiger partial charge on any atom is -0.349 e. The Hall–Kier alpha value is -3.16. The molecule has 0 saturated heterocycles. The van der Waals surface area contributed by atoms with Gasteiger partial charge in [0.2, 0.25) is 5.92 Å². The Morgan fingerprint density at radius 2 is 1.91 bits per heavy atom. The number of fused-ring (bicyclic) bond motifs is 1. The van der Waals surface area contributed by atoms with Crippen LogP contribution in [0.3, 0.4) is 0 Å². The SMILES string of the molecule is CCC(=O)c1ccc(Cn2cc(C(=O)NC3CCCC(F)(F)C3)c3c(F)cccc32)cc1F. The first kappa shape index (κ1) is 23.0. The van der Waals surface area contributed by atoms with Crippen molar-refractivity contribution in [3.63, 3.8) is 0 Å². The lowest BCUT2D eigenvalue weighted by molar-refractivity contribution is -0.0429. The zero-order valence-corrected chi connectivity index (χ0v) is 18.1. The van der Waals surface area contributed by atoms with Crippen molar-refractivity contribution in [1.82, 2.24) is 9.88 Å². The fraction of sp³-hybridized carbons (Fsp3) is 0.360. The van der Waals surface area contributed by atoms with Crippen molar-refractivity contribution >= 4 is 22.6 Å². The molecule has 1 unspecified atom stereocenters. The maximum Gasteiger partial charge on any atom is 0.253 e. The van der Waals surface area contributed by atoms with Gasteiger partial charge in [0.25, 0.3) is 5.91 Å². The van der Waals surface area contributed by atoms with Crippen LogP contribution in [0.4, 0.5) is 17.6 Å². The highest BCUT2D eigenvalue weighted by Crippen LogP contribution is 2.33. The molecule has 1 N–H and O–H groups in total. The number of nitrogens with zero attached hydrogens (tertiary/aromatic N) is 1. The van der Waals surface area contributed by atoms with Crippen molar-refractivity contribution in [1.29, 1.82) is 0 Å². The number of rotatable bonds is 6. The molecule has 1 aromatic heterocycles. The number of halogens is 4. The van der Waals surface area contributed by atoms with Gasteiger partial charge in [-0.25, -0.2) is 17.6 Å². The molecule has 1 aliphatic rings. The molecule has 8 heteroatoms. The fourth-order valence-corrected chi connectivity index (χ4v) is 4.44. The van der Waals surface area contributed by atoms with E-state index < -0.39 is 35.9 Å². The Morgan fingerprint density at radius 3 is 2.61 bits per heavy atom. The van der Waals surface area contributed by atoms with Gasteiger partial charge in [-0.1, -0.05) is 19.1 Å². The molecule has 174 valence electrons. The lowest BCUT2D eigenvalue weighted by Crippen LogP contribution is -2.42. The Balaban J connectivity index is 1.64. The van der Waals surface area contributed by atoms with Crippen LogP contribution in [0.25, 0.3) is 10.9 Å². The molecule has 1 fully saturated rings. The van der Waals surface area contributed by atoms with E-state index in [2.05, 4.69) is 5.32 Å². The third-order valence-electron chi connectivity index (χ3n) is 6.08. The normalized spacial score (nSPS) is 17.8. The molecule has 0 radical (unpaired) electrons. The summed E-state index contributed by atoms with van der Waals surface area (Å²) in [5.41, 5.74) is 0.993. The highest BCUT2D eigenvalue weighted by atomic mass is 19.3. The largest absolute Gasteiger partial charge is 0.349 e. The highest BCUT2D eigenvalue weighted by molar-refractivity contribution is 6.07. The van der Waals surface area contributed by atoms with Crippen molar-refractivity contribution in [3.8, 4) is 0 Å². The smallest absolute Gasteiger partial charge is 0.253 e. The summed E-state index contributed by atoms with van der Waals surface area (Å²) in [5, 5.41) is 2.71. The number of Topliss-reactive ketones (excluding diaryl/α,β-unsaturated/α-hetero) is 1. The van der Waals surface area contributed by atoms with Gasteiger partial charge in [-0.15, -0.1) is 0 Å². The molecule has 3 aromatic rings. The molecule has 4 rings (SSSR count). The van der Waals surface area contributed by atoms with Crippen molar-refractivity contribution in [2.45, 2.75) is 57.5 Å². The Labute approximate surface area is 188 Å². The number of nitrogens with one attached hydrogen (secondary N) is 1. The second-order valence-corrected chi connectivity index (χ2v) is 8.52. The molecule has 2 aromatic carbocycles. The molecule has 0 spiro atoms. The number of ketones is 1. The quantitative estimate of drug-likeness (QED) is 0.370. The van der Waals surface area contributed by atoms with Gasteiger partial charge in [0.15, 0.2) is 5.78 Å². The number of hydrogen-bond donors (Lipinski definition) is 1. The number of hydrogen-bond acceptors (Lipinski definition) is 2. The lowest BCUT2D eigenvalue weighted by Gasteiger charge is -2.29. The minimum atomic E-state index is -2.83. The van der Waals surface area contributed by atoms with Gasteiger partial charge in [-0.05, 0) is 42.7 Å². The number of amides is 1. The summed E-state index contributed by atoms with van der Waals surface area (Å²) in [6, 6.07) is 7.95.